The highest BCUT2D eigenvalue weighted by molar-refractivity contribution is 7.92. The van der Waals surface area contributed by atoms with Crippen molar-refractivity contribution in [3.8, 4) is 11.5 Å². The lowest BCUT2D eigenvalue weighted by Crippen LogP contribution is -2.33. The molecule has 2 aromatic carbocycles. The van der Waals surface area contributed by atoms with Gasteiger partial charge in [-0.15, -0.1) is 0 Å². The second kappa shape index (κ2) is 8.13. The van der Waals surface area contributed by atoms with Crippen molar-refractivity contribution in [2.75, 3.05) is 14.2 Å². The van der Waals surface area contributed by atoms with Gasteiger partial charge in [0.15, 0.2) is 19.7 Å². The number of sulfone groups is 2. The van der Waals surface area contributed by atoms with Gasteiger partial charge in [0.05, 0.1) is 34.5 Å². The second-order valence-electron chi connectivity index (χ2n) is 6.84. The average Bonchev–Trinajstić information content (AvgIpc) is 2.74. The van der Waals surface area contributed by atoms with Crippen LogP contribution in [0.4, 0.5) is 0 Å². The highest BCUT2D eigenvalue weighted by atomic mass is 32.2. The Morgan fingerprint density at radius 2 is 0.893 bits per heavy atom. The van der Waals surface area contributed by atoms with Crippen LogP contribution in [0.25, 0.3) is 0 Å². The predicted molar refractivity (Wildman–Crippen MR) is 106 cm³/mol. The van der Waals surface area contributed by atoms with E-state index in [2.05, 4.69) is 0 Å². The molecule has 2 aromatic rings. The van der Waals surface area contributed by atoms with Crippen LogP contribution in [0.5, 0.6) is 11.5 Å². The van der Waals surface area contributed by atoms with Crippen molar-refractivity contribution < 1.29 is 26.3 Å². The lowest BCUT2D eigenvalue weighted by molar-refractivity contribution is 0.414. The number of hydrogen-bond donors (Lipinski definition) is 0. The monoisotopic (exact) mass is 424 g/mol. The van der Waals surface area contributed by atoms with E-state index in [0.717, 1.165) is 0 Å². The molecule has 1 aliphatic rings. The zero-order valence-corrected chi connectivity index (χ0v) is 17.5. The molecule has 0 saturated heterocycles. The van der Waals surface area contributed by atoms with E-state index in [-0.39, 0.29) is 9.79 Å². The molecule has 0 spiro atoms. The van der Waals surface area contributed by atoms with Crippen molar-refractivity contribution in [1.82, 2.24) is 0 Å². The van der Waals surface area contributed by atoms with Gasteiger partial charge in [0.2, 0.25) is 0 Å². The summed E-state index contributed by atoms with van der Waals surface area (Å²) in [6.45, 7) is 0. The maximum atomic E-state index is 12.9. The Morgan fingerprint density at radius 1 is 0.607 bits per heavy atom. The summed E-state index contributed by atoms with van der Waals surface area (Å²) in [5, 5.41) is -1.13. The van der Waals surface area contributed by atoms with Gasteiger partial charge >= 0.3 is 0 Å². The van der Waals surface area contributed by atoms with Crippen LogP contribution in [-0.4, -0.2) is 41.6 Å². The van der Waals surface area contributed by atoms with Gasteiger partial charge < -0.3 is 9.47 Å². The molecule has 1 aliphatic carbocycles. The molecule has 8 heteroatoms. The second-order valence-corrected chi connectivity index (χ2v) is 11.3. The van der Waals surface area contributed by atoms with Crippen LogP contribution < -0.4 is 9.47 Å². The smallest absolute Gasteiger partial charge is 0.181 e. The molecule has 0 aromatic heterocycles. The fourth-order valence-corrected chi connectivity index (χ4v) is 7.15. The highest BCUT2D eigenvalue weighted by Crippen LogP contribution is 2.34. The summed E-state index contributed by atoms with van der Waals surface area (Å²) >= 11 is 0. The minimum absolute atomic E-state index is 0.245. The number of ether oxygens (including phenoxy) is 2. The number of hydrogen-bond acceptors (Lipinski definition) is 6. The molecule has 0 amide bonds. The Morgan fingerprint density at radius 3 is 1.14 bits per heavy atom. The predicted octanol–water partition coefficient (Wildman–Crippen LogP) is 3.26. The molecule has 0 heterocycles. The Labute approximate surface area is 166 Å². The van der Waals surface area contributed by atoms with Crippen molar-refractivity contribution >= 4 is 19.7 Å². The van der Waals surface area contributed by atoms with E-state index < -0.39 is 30.2 Å². The Balaban J connectivity index is 1.72. The minimum Gasteiger partial charge on any atom is -0.497 e. The van der Waals surface area contributed by atoms with E-state index in [0.29, 0.717) is 37.2 Å². The lowest BCUT2D eigenvalue weighted by Gasteiger charge is -2.28. The Hall–Kier alpha value is -2.06. The third kappa shape index (κ3) is 4.03. The summed E-state index contributed by atoms with van der Waals surface area (Å²) in [5.74, 6) is 1.18. The molecule has 3 rings (SSSR count). The van der Waals surface area contributed by atoms with Crippen LogP contribution in [0.15, 0.2) is 58.3 Å². The Bertz CT molecular complexity index is 916. The van der Waals surface area contributed by atoms with E-state index in [1.807, 2.05) is 0 Å². The van der Waals surface area contributed by atoms with Gasteiger partial charge in [0, 0.05) is 0 Å². The van der Waals surface area contributed by atoms with Gasteiger partial charge in [0.25, 0.3) is 0 Å². The van der Waals surface area contributed by atoms with E-state index >= 15 is 0 Å². The highest BCUT2D eigenvalue weighted by Gasteiger charge is 2.37. The van der Waals surface area contributed by atoms with Gasteiger partial charge in [-0.2, -0.15) is 0 Å². The van der Waals surface area contributed by atoms with Crippen molar-refractivity contribution in [3.63, 3.8) is 0 Å². The van der Waals surface area contributed by atoms with E-state index in [4.69, 9.17) is 9.47 Å². The average molecular weight is 425 g/mol. The summed E-state index contributed by atoms with van der Waals surface area (Å²) in [7, 11) is -3.95. The first-order valence-electron chi connectivity index (χ1n) is 9.05. The molecular formula is C20H24O6S2. The summed E-state index contributed by atoms with van der Waals surface area (Å²) in [6, 6.07) is 12.6. The summed E-state index contributed by atoms with van der Waals surface area (Å²) in [6.07, 6.45) is 1.31. The van der Waals surface area contributed by atoms with Crippen LogP contribution in [-0.2, 0) is 19.7 Å². The molecule has 0 aliphatic heterocycles. The number of methoxy groups -OCH3 is 2. The van der Waals surface area contributed by atoms with Crippen molar-refractivity contribution in [1.29, 1.82) is 0 Å². The van der Waals surface area contributed by atoms with Gasteiger partial charge in [-0.1, -0.05) is 0 Å². The van der Waals surface area contributed by atoms with E-state index in [1.165, 1.54) is 38.5 Å². The molecule has 0 radical (unpaired) electrons. The molecule has 1 fully saturated rings. The summed E-state index contributed by atoms with van der Waals surface area (Å²) < 4.78 is 61.7. The molecule has 1 saturated carbocycles. The lowest BCUT2D eigenvalue weighted by atomic mass is 10.00. The topological polar surface area (TPSA) is 86.7 Å². The molecular weight excluding hydrogens is 400 g/mol. The number of benzene rings is 2. The Kier molecular flexibility index (Phi) is 6.00. The van der Waals surface area contributed by atoms with Gasteiger partial charge in [-0.3, -0.25) is 0 Å². The molecule has 0 atom stereocenters. The van der Waals surface area contributed by atoms with Crippen LogP contribution in [0.3, 0.4) is 0 Å². The van der Waals surface area contributed by atoms with Gasteiger partial charge in [-0.25, -0.2) is 16.8 Å². The minimum atomic E-state index is -3.50. The van der Waals surface area contributed by atoms with E-state index in [1.54, 1.807) is 24.3 Å². The largest absolute Gasteiger partial charge is 0.497 e. The maximum Gasteiger partial charge on any atom is 0.181 e. The molecule has 0 N–H and O–H groups in total. The quantitative estimate of drug-likeness (QED) is 0.707. The first kappa shape index (κ1) is 20.7. The molecule has 152 valence electrons. The molecule has 28 heavy (non-hydrogen) atoms. The normalized spacial score (nSPS) is 20.5. The van der Waals surface area contributed by atoms with Gasteiger partial charge in [-0.05, 0) is 74.2 Å². The van der Waals surface area contributed by atoms with Gasteiger partial charge in [0.1, 0.15) is 11.5 Å². The fourth-order valence-electron chi connectivity index (χ4n) is 3.57. The fraction of sp³-hybridized carbons (Fsp3) is 0.400. The first-order chi connectivity index (χ1) is 13.3. The summed E-state index contributed by atoms with van der Waals surface area (Å²) in [5.41, 5.74) is 0. The SMILES string of the molecule is COc1ccc(S(=O)(=O)C2CCC(S(=O)(=O)c3ccc(OC)cc3)CC2)cc1. The zero-order chi connectivity index (χ0) is 20.4. The standard InChI is InChI=1S/C20H24O6S2/c1-25-15-3-7-17(8-4-15)27(21,22)19-11-13-20(14-12-19)28(23,24)18-9-5-16(26-2)6-10-18/h3-10,19-20H,11-14H2,1-2H3. The van der Waals surface area contributed by atoms with E-state index in [9.17, 15) is 16.8 Å². The van der Waals surface area contributed by atoms with Crippen molar-refractivity contribution in [2.24, 2.45) is 0 Å². The number of rotatable bonds is 6. The van der Waals surface area contributed by atoms with Crippen LogP contribution in [0, 0.1) is 0 Å². The van der Waals surface area contributed by atoms with Crippen LogP contribution in [0.1, 0.15) is 25.7 Å². The zero-order valence-electron chi connectivity index (χ0n) is 15.9. The molecule has 0 bridgehead atoms. The van der Waals surface area contributed by atoms with Crippen molar-refractivity contribution in [3.05, 3.63) is 48.5 Å². The third-order valence-electron chi connectivity index (χ3n) is 5.27. The molecule has 6 nitrogen and oxygen atoms in total. The third-order valence-corrected chi connectivity index (χ3v) is 9.83. The maximum absolute atomic E-state index is 12.9. The van der Waals surface area contributed by atoms with Crippen molar-refractivity contribution in [2.45, 2.75) is 46.0 Å². The first-order valence-corrected chi connectivity index (χ1v) is 12.1. The summed E-state index contributed by atoms with van der Waals surface area (Å²) in [4.78, 5) is 0.490. The van der Waals surface area contributed by atoms with Crippen LogP contribution >= 0.6 is 0 Å². The van der Waals surface area contributed by atoms with Crippen LogP contribution in [0.2, 0.25) is 0 Å². The molecule has 0 unspecified atom stereocenters.